The van der Waals surface area contributed by atoms with Crippen LogP contribution in [0.25, 0.3) is 0 Å². The second-order valence-corrected chi connectivity index (χ2v) is 8.71. The van der Waals surface area contributed by atoms with E-state index in [1.807, 2.05) is 26.0 Å². The summed E-state index contributed by atoms with van der Waals surface area (Å²) in [7, 11) is -3.96. The van der Waals surface area contributed by atoms with Gasteiger partial charge in [0.05, 0.1) is 11.0 Å². The van der Waals surface area contributed by atoms with Crippen LogP contribution in [0.15, 0.2) is 53.4 Å². The van der Waals surface area contributed by atoms with Crippen LogP contribution < -0.4 is 0 Å². The Kier molecular flexibility index (Phi) is 4.37. The normalized spacial score (nSPS) is 24.7. The van der Waals surface area contributed by atoms with Crippen LogP contribution in [0.2, 0.25) is 0 Å². The highest BCUT2D eigenvalue weighted by Gasteiger charge is 2.77. The Morgan fingerprint density at radius 3 is 2.19 bits per heavy atom. The van der Waals surface area contributed by atoms with E-state index in [2.05, 4.69) is 0 Å². The SMILES string of the molecule is CCc1ccc([C@H]2[C@@H](S(=O)(=O)c3ccc(C)cc3)[C@@]2(C#N)C(=O)O)cc1. The van der Waals surface area contributed by atoms with E-state index in [-0.39, 0.29) is 4.90 Å². The van der Waals surface area contributed by atoms with Crippen molar-refractivity contribution in [3.8, 4) is 6.07 Å². The molecule has 1 saturated carbocycles. The maximum Gasteiger partial charge on any atom is 0.326 e. The Bertz CT molecular complexity index is 988. The number of hydrogen-bond donors (Lipinski definition) is 1. The third kappa shape index (κ3) is 2.60. The van der Waals surface area contributed by atoms with Crippen LogP contribution in [0, 0.1) is 23.7 Å². The lowest BCUT2D eigenvalue weighted by Crippen LogP contribution is -2.22. The van der Waals surface area contributed by atoms with Gasteiger partial charge in [-0.05, 0) is 36.6 Å². The van der Waals surface area contributed by atoms with E-state index in [4.69, 9.17) is 0 Å². The molecule has 3 atom stereocenters. The Balaban J connectivity index is 2.10. The number of aryl methyl sites for hydroxylation is 2. The van der Waals surface area contributed by atoms with E-state index in [1.54, 1.807) is 30.3 Å². The summed E-state index contributed by atoms with van der Waals surface area (Å²) in [6.45, 7) is 3.83. The first-order chi connectivity index (χ1) is 12.3. The van der Waals surface area contributed by atoms with Crippen LogP contribution in [-0.4, -0.2) is 24.7 Å². The zero-order valence-electron chi connectivity index (χ0n) is 14.5. The molecule has 0 heterocycles. The molecule has 1 aliphatic rings. The van der Waals surface area contributed by atoms with Crippen molar-refractivity contribution >= 4 is 15.8 Å². The zero-order chi connectivity index (χ0) is 19.1. The summed E-state index contributed by atoms with van der Waals surface area (Å²) in [5, 5.41) is 18.0. The summed E-state index contributed by atoms with van der Waals surface area (Å²) in [5.41, 5.74) is 0.561. The molecule has 0 spiro atoms. The average molecular weight is 369 g/mol. The molecule has 5 nitrogen and oxygen atoms in total. The number of carboxylic acid groups (broad SMARTS) is 1. The fourth-order valence-electron chi connectivity index (χ4n) is 3.49. The van der Waals surface area contributed by atoms with Gasteiger partial charge in [-0.15, -0.1) is 0 Å². The number of aliphatic carboxylic acids is 1. The number of nitriles is 1. The van der Waals surface area contributed by atoms with Crippen LogP contribution >= 0.6 is 0 Å². The first-order valence-electron chi connectivity index (χ1n) is 8.33. The van der Waals surface area contributed by atoms with Crippen LogP contribution in [0.4, 0.5) is 0 Å². The third-order valence-corrected chi connectivity index (χ3v) is 7.34. The molecule has 1 aliphatic carbocycles. The first kappa shape index (κ1) is 18.2. The van der Waals surface area contributed by atoms with Crippen molar-refractivity contribution in [1.82, 2.24) is 0 Å². The van der Waals surface area contributed by atoms with Gasteiger partial charge in [0.25, 0.3) is 0 Å². The maximum atomic E-state index is 13.1. The van der Waals surface area contributed by atoms with Crippen molar-refractivity contribution in [1.29, 1.82) is 5.26 Å². The molecule has 0 aromatic heterocycles. The minimum absolute atomic E-state index is 0.0432. The minimum atomic E-state index is -3.96. The predicted molar refractivity (Wildman–Crippen MR) is 96.4 cm³/mol. The molecule has 0 unspecified atom stereocenters. The van der Waals surface area contributed by atoms with Gasteiger partial charge in [0.2, 0.25) is 0 Å². The van der Waals surface area contributed by atoms with Gasteiger partial charge in [-0.2, -0.15) is 5.26 Å². The van der Waals surface area contributed by atoms with Crippen LogP contribution in [0.1, 0.15) is 29.5 Å². The number of carbonyl (C=O) groups is 1. The van der Waals surface area contributed by atoms with Gasteiger partial charge < -0.3 is 5.11 Å². The largest absolute Gasteiger partial charge is 0.480 e. The molecule has 0 bridgehead atoms. The van der Waals surface area contributed by atoms with Crippen molar-refractivity contribution < 1.29 is 18.3 Å². The predicted octanol–water partition coefficient (Wildman–Crippen LogP) is 3.09. The number of benzene rings is 2. The second-order valence-electron chi connectivity index (χ2n) is 6.64. The summed E-state index contributed by atoms with van der Waals surface area (Å²) in [5.74, 6) is -2.28. The fraction of sp³-hybridized carbons (Fsp3) is 0.300. The molecule has 2 aromatic carbocycles. The van der Waals surface area contributed by atoms with Gasteiger partial charge >= 0.3 is 5.97 Å². The number of sulfone groups is 1. The van der Waals surface area contributed by atoms with Crippen molar-refractivity contribution in [3.05, 3.63) is 65.2 Å². The summed E-state index contributed by atoms with van der Waals surface area (Å²) in [4.78, 5) is 11.9. The number of nitrogens with zero attached hydrogens (tertiary/aromatic N) is 1. The van der Waals surface area contributed by atoms with E-state index in [0.29, 0.717) is 5.56 Å². The van der Waals surface area contributed by atoms with Gasteiger partial charge in [0.1, 0.15) is 5.25 Å². The first-order valence-corrected chi connectivity index (χ1v) is 9.87. The highest BCUT2D eigenvalue weighted by molar-refractivity contribution is 7.92. The highest BCUT2D eigenvalue weighted by Crippen LogP contribution is 2.64. The lowest BCUT2D eigenvalue weighted by Gasteiger charge is -2.05. The van der Waals surface area contributed by atoms with Crippen molar-refractivity contribution in [3.63, 3.8) is 0 Å². The molecule has 0 saturated heterocycles. The fourth-order valence-corrected chi connectivity index (χ4v) is 5.74. The summed E-state index contributed by atoms with van der Waals surface area (Å²) >= 11 is 0. The molecular formula is C20H19NO4S. The van der Waals surface area contributed by atoms with Gasteiger partial charge in [-0.3, -0.25) is 4.79 Å². The Morgan fingerprint density at radius 1 is 1.15 bits per heavy atom. The lowest BCUT2D eigenvalue weighted by molar-refractivity contribution is -0.141. The van der Waals surface area contributed by atoms with E-state index in [1.165, 1.54) is 12.1 Å². The molecule has 3 rings (SSSR count). The van der Waals surface area contributed by atoms with E-state index < -0.39 is 32.4 Å². The number of rotatable bonds is 5. The van der Waals surface area contributed by atoms with Gasteiger partial charge in [-0.25, -0.2) is 8.42 Å². The summed E-state index contributed by atoms with van der Waals surface area (Å²) in [6, 6.07) is 15.2. The Morgan fingerprint density at radius 2 is 1.73 bits per heavy atom. The van der Waals surface area contributed by atoms with Gasteiger partial charge in [0, 0.05) is 5.92 Å². The zero-order valence-corrected chi connectivity index (χ0v) is 15.3. The number of hydrogen-bond acceptors (Lipinski definition) is 4. The van der Waals surface area contributed by atoms with Gasteiger partial charge in [-0.1, -0.05) is 48.9 Å². The molecule has 0 aliphatic heterocycles. The average Bonchev–Trinajstić information content (AvgIpc) is 3.34. The van der Waals surface area contributed by atoms with E-state index in [0.717, 1.165) is 17.5 Å². The Hall–Kier alpha value is -2.65. The molecule has 0 amide bonds. The van der Waals surface area contributed by atoms with Crippen molar-refractivity contribution in [2.24, 2.45) is 5.41 Å². The maximum absolute atomic E-state index is 13.1. The van der Waals surface area contributed by atoms with Crippen LogP contribution in [0.3, 0.4) is 0 Å². The number of carboxylic acids is 1. The van der Waals surface area contributed by atoms with Gasteiger partial charge in [0.15, 0.2) is 15.3 Å². The van der Waals surface area contributed by atoms with Crippen molar-refractivity contribution in [2.45, 2.75) is 36.3 Å². The van der Waals surface area contributed by atoms with E-state index in [9.17, 15) is 23.6 Å². The van der Waals surface area contributed by atoms with Crippen LogP contribution in [-0.2, 0) is 21.1 Å². The van der Waals surface area contributed by atoms with Crippen molar-refractivity contribution in [2.75, 3.05) is 0 Å². The second kappa shape index (κ2) is 6.26. The molecule has 2 aromatic rings. The quantitative estimate of drug-likeness (QED) is 0.874. The minimum Gasteiger partial charge on any atom is -0.480 e. The molecule has 1 N–H and O–H groups in total. The Labute approximate surface area is 152 Å². The third-order valence-electron chi connectivity index (χ3n) is 5.10. The standard InChI is InChI=1S/C20H19NO4S/c1-3-14-6-8-15(9-7-14)17-18(20(17,12-21)19(22)23)26(24,25)16-10-4-13(2)5-11-16/h4-11,17-18H,3H2,1-2H3,(H,22,23)/t17-,18+,20-/m0/s1. The monoisotopic (exact) mass is 369 g/mol. The summed E-state index contributed by atoms with van der Waals surface area (Å²) in [6.07, 6.45) is 0.818. The molecule has 26 heavy (non-hydrogen) atoms. The summed E-state index contributed by atoms with van der Waals surface area (Å²) < 4.78 is 26.2. The molecule has 1 fully saturated rings. The lowest BCUT2D eigenvalue weighted by atomic mass is 9.99. The molecule has 6 heteroatoms. The topological polar surface area (TPSA) is 95.2 Å². The van der Waals surface area contributed by atoms with E-state index >= 15 is 0 Å². The molecular weight excluding hydrogens is 350 g/mol. The molecule has 134 valence electrons. The van der Waals surface area contributed by atoms with Crippen LogP contribution in [0.5, 0.6) is 0 Å². The highest BCUT2D eigenvalue weighted by atomic mass is 32.2. The molecule has 0 radical (unpaired) electrons. The smallest absolute Gasteiger partial charge is 0.326 e.